The highest BCUT2D eigenvalue weighted by Gasteiger charge is 2.21. The second kappa shape index (κ2) is 5.02. The number of rotatable bonds is 4. The molecule has 1 aromatic heterocycles. The topological polar surface area (TPSA) is 33.5 Å². The van der Waals surface area contributed by atoms with E-state index in [0.29, 0.717) is 6.54 Å². The number of nitrogens with zero attached hydrogens (tertiary/aromatic N) is 1. The normalized spacial score (nSPS) is 12.1. The van der Waals surface area contributed by atoms with E-state index in [-0.39, 0.29) is 11.3 Å². The first-order chi connectivity index (χ1) is 7.34. The Morgan fingerprint density at radius 2 is 2.06 bits per heavy atom. The van der Waals surface area contributed by atoms with Gasteiger partial charge in [-0.1, -0.05) is 6.92 Å². The van der Waals surface area contributed by atoms with Crippen molar-refractivity contribution in [1.82, 2.24) is 4.90 Å². The van der Waals surface area contributed by atoms with E-state index in [9.17, 15) is 4.79 Å². The van der Waals surface area contributed by atoms with Crippen LogP contribution in [-0.4, -0.2) is 22.2 Å². The average molecular weight is 244 g/mol. The maximum absolute atomic E-state index is 10.9. The van der Waals surface area contributed by atoms with E-state index < -0.39 is 5.24 Å². The molecule has 0 aromatic carbocycles. The quantitative estimate of drug-likeness (QED) is 0.761. The van der Waals surface area contributed by atoms with Gasteiger partial charge in [-0.05, 0) is 51.0 Å². The molecule has 0 bridgehead atoms. The van der Waals surface area contributed by atoms with Gasteiger partial charge in [0.1, 0.15) is 5.76 Å². The molecule has 16 heavy (non-hydrogen) atoms. The maximum Gasteiger partial charge on any atom is 0.287 e. The Hall–Kier alpha value is -0.800. The van der Waals surface area contributed by atoms with Crippen molar-refractivity contribution in [2.45, 2.75) is 39.8 Å². The molecule has 4 heteroatoms. The first kappa shape index (κ1) is 13.3. The van der Waals surface area contributed by atoms with Crippen LogP contribution in [0.4, 0.5) is 0 Å². The number of furan rings is 1. The molecule has 1 rings (SSSR count). The van der Waals surface area contributed by atoms with E-state index in [1.807, 2.05) is 0 Å². The Bertz CT molecular complexity index is 365. The molecule has 1 heterocycles. The van der Waals surface area contributed by atoms with E-state index in [4.69, 9.17) is 16.0 Å². The summed E-state index contributed by atoms with van der Waals surface area (Å²) in [6.45, 7) is 10.1. The van der Waals surface area contributed by atoms with Crippen LogP contribution in [0.25, 0.3) is 0 Å². The van der Waals surface area contributed by atoms with Gasteiger partial charge in [0.25, 0.3) is 5.24 Å². The van der Waals surface area contributed by atoms with Crippen molar-refractivity contribution in [3.05, 3.63) is 23.7 Å². The van der Waals surface area contributed by atoms with Crippen LogP contribution in [0.1, 0.15) is 44.0 Å². The Labute approximate surface area is 101 Å². The number of carbonyl (C=O) groups is 1. The molecule has 0 atom stereocenters. The highest BCUT2D eigenvalue weighted by atomic mass is 35.5. The summed E-state index contributed by atoms with van der Waals surface area (Å²) in [5, 5.41) is -0.551. The highest BCUT2D eigenvalue weighted by molar-refractivity contribution is 6.67. The molecule has 0 spiro atoms. The molecule has 0 aliphatic carbocycles. The predicted octanol–water partition coefficient (Wildman–Crippen LogP) is 3.28. The summed E-state index contributed by atoms with van der Waals surface area (Å²) in [7, 11) is 0. The van der Waals surface area contributed by atoms with Crippen LogP contribution in [0.5, 0.6) is 0 Å². The van der Waals surface area contributed by atoms with Crippen LogP contribution in [0.15, 0.2) is 16.5 Å². The zero-order valence-electron chi connectivity index (χ0n) is 10.2. The summed E-state index contributed by atoms with van der Waals surface area (Å²) in [6, 6.07) is 3.41. The molecule has 0 fully saturated rings. The monoisotopic (exact) mass is 243 g/mol. The second-order valence-electron chi connectivity index (χ2n) is 4.72. The van der Waals surface area contributed by atoms with Gasteiger partial charge in [-0.15, -0.1) is 0 Å². The van der Waals surface area contributed by atoms with Crippen molar-refractivity contribution in [2.24, 2.45) is 0 Å². The molecule has 0 saturated carbocycles. The molecule has 0 unspecified atom stereocenters. The van der Waals surface area contributed by atoms with Crippen molar-refractivity contribution in [3.63, 3.8) is 0 Å². The predicted molar refractivity (Wildman–Crippen MR) is 64.7 cm³/mol. The van der Waals surface area contributed by atoms with Crippen LogP contribution in [-0.2, 0) is 6.54 Å². The standard InChI is InChI=1S/C12H18ClNO2/c1-5-14(12(2,3)4)8-9-6-7-10(16-9)11(13)15/h6-7H,5,8H2,1-4H3. The van der Waals surface area contributed by atoms with Crippen LogP contribution >= 0.6 is 11.6 Å². The Kier molecular flexibility index (Phi) is 4.16. The molecular formula is C12H18ClNO2. The van der Waals surface area contributed by atoms with Gasteiger partial charge in [-0.3, -0.25) is 9.69 Å². The average Bonchev–Trinajstić information content (AvgIpc) is 2.60. The summed E-state index contributed by atoms with van der Waals surface area (Å²) in [6.07, 6.45) is 0. The van der Waals surface area contributed by atoms with Gasteiger partial charge in [0.2, 0.25) is 0 Å². The molecule has 3 nitrogen and oxygen atoms in total. The second-order valence-corrected chi connectivity index (χ2v) is 5.07. The minimum atomic E-state index is -0.551. The Balaban J connectivity index is 2.75. The van der Waals surface area contributed by atoms with E-state index in [1.165, 1.54) is 0 Å². The number of hydrogen-bond acceptors (Lipinski definition) is 3. The Morgan fingerprint density at radius 3 is 2.44 bits per heavy atom. The molecule has 0 N–H and O–H groups in total. The molecule has 1 aromatic rings. The van der Waals surface area contributed by atoms with Crippen LogP contribution in [0, 0.1) is 0 Å². The molecular weight excluding hydrogens is 226 g/mol. The summed E-state index contributed by atoms with van der Waals surface area (Å²) in [5.41, 5.74) is 0.0761. The lowest BCUT2D eigenvalue weighted by molar-refractivity contribution is 0.104. The number of hydrogen-bond donors (Lipinski definition) is 0. The van der Waals surface area contributed by atoms with Crippen molar-refractivity contribution >= 4 is 16.8 Å². The van der Waals surface area contributed by atoms with Gasteiger partial charge in [-0.25, -0.2) is 0 Å². The van der Waals surface area contributed by atoms with E-state index in [0.717, 1.165) is 12.3 Å². The molecule has 0 amide bonds. The van der Waals surface area contributed by atoms with Gasteiger partial charge < -0.3 is 4.42 Å². The lowest BCUT2D eigenvalue weighted by Crippen LogP contribution is -2.40. The third-order valence-corrected chi connectivity index (χ3v) is 2.72. The largest absolute Gasteiger partial charge is 0.455 e. The zero-order chi connectivity index (χ0) is 12.3. The van der Waals surface area contributed by atoms with E-state index >= 15 is 0 Å². The van der Waals surface area contributed by atoms with Gasteiger partial charge in [0, 0.05) is 5.54 Å². The van der Waals surface area contributed by atoms with Crippen molar-refractivity contribution in [2.75, 3.05) is 6.54 Å². The van der Waals surface area contributed by atoms with Gasteiger partial charge >= 0.3 is 0 Å². The highest BCUT2D eigenvalue weighted by Crippen LogP contribution is 2.18. The lowest BCUT2D eigenvalue weighted by Gasteiger charge is -2.33. The minimum absolute atomic E-state index is 0.0761. The zero-order valence-corrected chi connectivity index (χ0v) is 11.0. The van der Waals surface area contributed by atoms with Crippen molar-refractivity contribution < 1.29 is 9.21 Å². The summed E-state index contributed by atoms with van der Waals surface area (Å²) < 4.78 is 5.35. The Morgan fingerprint density at radius 1 is 1.44 bits per heavy atom. The lowest BCUT2D eigenvalue weighted by atomic mass is 10.1. The van der Waals surface area contributed by atoms with Crippen molar-refractivity contribution in [3.8, 4) is 0 Å². The molecule has 0 radical (unpaired) electrons. The van der Waals surface area contributed by atoms with Crippen LogP contribution in [0.2, 0.25) is 0 Å². The van der Waals surface area contributed by atoms with Crippen LogP contribution in [0.3, 0.4) is 0 Å². The number of halogens is 1. The van der Waals surface area contributed by atoms with Crippen molar-refractivity contribution in [1.29, 1.82) is 0 Å². The fourth-order valence-corrected chi connectivity index (χ4v) is 1.68. The van der Waals surface area contributed by atoms with Gasteiger partial charge in [0.15, 0.2) is 5.76 Å². The first-order valence-corrected chi connectivity index (χ1v) is 5.76. The summed E-state index contributed by atoms with van der Waals surface area (Å²) >= 11 is 5.33. The maximum atomic E-state index is 10.9. The molecule has 90 valence electrons. The number of carbonyl (C=O) groups excluding carboxylic acids is 1. The van der Waals surface area contributed by atoms with E-state index in [1.54, 1.807) is 12.1 Å². The fraction of sp³-hybridized carbons (Fsp3) is 0.583. The summed E-state index contributed by atoms with van der Waals surface area (Å²) in [5.74, 6) is 0.974. The van der Waals surface area contributed by atoms with Crippen LogP contribution < -0.4 is 0 Å². The SMILES string of the molecule is CCN(Cc1ccc(C(=O)Cl)o1)C(C)(C)C. The van der Waals surface area contributed by atoms with E-state index in [2.05, 4.69) is 32.6 Å². The smallest absolute Gasteiger partial charge is 0.287 e. The minimum Gasteiger partial charge on any atom is -0.455 e. The molecule has 0 aliphatic heterocycles. The summed E-state index contributed by atoms with van der Waals surface area (Å²) in [4.78, 5) is 13.1. The molecule has 0 aliphatic rings. The third-order valence-electron chi connectivity index (χ3n) is 2.53. The third kappa shape index (κ3) is 3.35. The molecule has 0 saturated heterocycles. The fourth-order valence-electron chi connectivity index (χ4n) is 1.58. The van der Waals surface area contributed by atoms with Gasteiger partial charge in [0.05, 0.1) is 6.54 Å². The first-order valence-electron chi connectivity index (χ1n) is 5.38. The van der Waals surface area contributed by atoms with Gasteiger partial charge in [-0.2, -0.15) is 0 Å².